The largest absolute Gasteiger partial charge is 0.388 e. The number of rotatable bonds is 12. The number of nitrogens with two attached hydrogens (primary N) is 1. The molecule has 1 aliphatic rings. The quantitative estimate of drug-likeness (QED) is 0.280. The molecule has 0 aromatic rings. The molecular formula is C18H35N3O6. The van der Waals surface area contributed by atoms with Crippen LogP contribution in [0.4, 0.5) is 0 Å². The third-order valence-corrected chi connectivity index (χ3v) is 4.49. The van der Waals surface area contributed by atoms with Crippen LogP contribution in [-0.2, 0) is 19.1 Å². The molecule has 0 bridgehead atoms. The zero-order valence-electron chi connectivity index (χ0n) is 16.4. The number of carbonyl (C=O) groups is 2. The first-order chi connectivity index (χ1) is 12.9. The molecule has 9 heteroatoms. The molecule has 27 heavy (non-hydrogen) atoms. The van der Waals surface area contributed by atoms with Crippen molar-refractivity contribution in [1.82, 2.24) is 10.6 Å². The van der Waals surface area contributed by atoms with Gasteiger partial charge in [-0.25, -0.2) is 0 Å². The van der Waals surface area contributed by atoms with Crippen molar-refractivity contribution in [3.63, 3.8) is 0 Å². The molecule has 9 nitrogen and oxygen atoms in total. The minimum Gasteiger partial charge on any atom is -0.388 e. The van der Waals surface area contributed by atoms with E-state index in [-0.39, 0.29) is 18.4 Å². The number of aliphatic hydroxyl groups excluding tert-OH is 2. The number of ether oxygens (including phenoxy) is 2. The van der Waals surface area contributed by atoms with E-state index in [2.05, 4.69) is 10.6 Å². The highest BCUT2D eigenvalue weighted by molar-refractivity contribution is 5.75. The van der Waals surface area contributed by atoms with Gasteiger partial charge in [-0.3, -0.25) is 9.59 Å². The van der Waals surface area contributed by atoms with E-state index >= 15 is 0 Å². The molecule has 1 rings (SSSR count). The van der Waals surface area contributed by atoms with Crippen molar-refractivity contribution in [1.29, 1.82) is 0 Å². The Balaban J connectivity index is 2.26. The van der Waals surface area contributed by atoms with Crippen LogP contribution in [0.1, 0.15) is 52.4 Å². The van der Waals surface area contributed by atoms with E-state index in [4.69, 9.17) is 15.2 Å². The number of carbonyl (C=O) groups excluding carboxylic acids is 2. The standard InChI is InChI=1S/C18H35N3O6/c1-12-16(24)17(25)15(21-13(2)22)18(27-12)26-11-7-8-14(23)20-10-6-4-3-5-9-19/h12,15-18,24-25H,3-11,19H2,1-2H3,(H,20,23)(H,21,22). The average Bonchev–Trinajstić information content (AvgIpc) is 2.62. The summed E-state index contributed by atoms with van der Waals surface area (Å²) < 4.78 is 11.2. The van der Waals surface area contributed by atoms with Gasteiger partial charge >= 0.3 is 0 Å². The Hall–Kier alpha value is -1.26. The number of hydrogen-bond acceptors (Lipinski definition) is 7. The van der Waals surface area contributed by atoms with E-state index in [0.717, 1.165) is 25.7 Å². The van der Waals surface area contributed by atoms with E-state index in [9.17, 15) is 19.8 Å². The Morgan fingerprint density at radius 2 is 1.81 bits per heavy atom. The molecule has 0 aliphatic carbocycles. The topological polar surface area (TPSA) is 143 Å². The maximum absolute atomic E-state index is 11.8. The highest BCUT2D eigenvalue weighted by Gasteiger charge is 2.43. The fourth-order valence-corrected chi connectivity index (χ4v) is 2.93. The summed E-state index contributed by atoms with van der Waals surface area (Å²) in [5.41, 5.74) is 5.43. The Kier molecular flexibility index (Phi) is 11.5. The van der Waals surface area contributed by atoms with Crippen LogP contribution in [0.15, 0.2) is 0 Å². The molecule has 5 atom stereocenters. The number of hydrogen-bond donors (Lipinski definition) is 5. The van der Waals surface area contributed by atoms with Crippen molar-refractivity contribution in [3.8, 4) is 0 Å². The summed E-state index contributed by atoms with van der Waals surface area (Å²) in [7, 11) is 0. The van der Waals surface area contributed by atoms with Crippen LogP contribution < -0.4 is 16.4 Å². The second-order valence-electron chi connectivity index (χ2n) is 6.94. The number of unbranched alkanes of at least 4 members (excludes halogenated alkanes) is 3. The maximum Gasteiger partial charge on any atom is 0.220 e. The van der Waals surface area contributed by atoms with Gasteiger partial charge in [0.2, 0.25) is 11.8 Å². The summed E-state index contributed by atoms with van der Waals surface area (Å²) in [5, 5.41) is 25.5. The Morgan fingerprint density at radius 3 is 2.48 bits per heavy atom. The smallest absolute Gasteiger partial charge is 0.220 e. The highest BCUT2D eigenvalue weighted by Crippen LogP contribution is 2.22. The van der Waals surface area contributed by atoms with Gasteiger partial charge in [-0.1, -0.05) is 12.8 Å². The van der Waals surface area contributed by atoms with Gasteiger partial charge < -0.3 is 36.1 Å². The summed E-state index contributed by atoms with van der Waals surface area (Å²) in [5.74, 6) is -0.395. The molecule has 0 saturated carbocycles. The second kappa shape index (κ2) is 13.0. The summed E-state index contributed by atoms with van der Waals surface area (Å²) >= 11 is 0. The lowest BCUT2D eigenvalue weighted by atomic mass is 9.97. The van der Waals surface area contributed by atoms with Crippen LogP contribution in [0.2, 0.25) is 0 Å². The zero-order chi connectivity index (χ0) is 20.2. The first-order valence-electron chi connectivity index (χ1n) is 9.74. The fraction of sp³-hybridized carbons (Fsp3) is 0.889. The van der Waals surface area contributed by atoms with Crippen molar-refractivity contribution in [2.45, 2.75) is 83.0 Å². The monoisotopic (exact) mass is 389 g/mol. The zero-order valence-corrected chi connectivity index (χ0v) is 16.4. The van der Waals surface area contributed by atoms with Gasteiger partial charge in [0, 0.05) is 19.9 Å². The normalized spacial score (nSPS) is 28.0. The van der Waals surface area contributed by atoms with Crippen molar-refractivity contribution in [3.05, 3.63) is 0 Å². The van der Waals surface area contributed by atoms with Gasteiger partial charge in [0.1, 0.15) is 18.2 Å². The van der Waals surface area contributed by atoms with E-state index in [1.54, 1.807) is 6.92 Å². The molecule has 158 valence electrons. The van der Waals surface area contributed by atoms with E-state index < -0.39 is 30.6 Å². The van der Waals surface area contributed by atoms with Crippen molar-refractivity contribution in [2.24, 2.45) is 5.73 Å². The molecule has 5 unspecified atom stereocenters. The highest BCUT2D eigenvalue weighted by atomic mass is 16.7. The lowest BCUT2D eigenvalue weighted by Crippen LogP contribution is -2.63. The molecule has 6 N–H and O–H groups in total. The first kappa shape index (κ1) is 23.8. The predicted octanol–water partition coefficient (Wildman–Crippen LogP) is -0.610. The van der Waals surface area contributed by atoms with E-state index in [0.29, 0.717) is 25.9 Å². The summed E-state index contributed by atoms with van der Waals surface area (Å²) in [4.78, 5) is 23.1. The molecule has 2 amide bonds. The molecule has 0 radical (unpaired) electrons. The summed E-state index contributed by atoms with van der Waals surface area (Å²) in [6.07, 6.45) is 1.08. The maximum atomic E-state index is 11.8. The molecule has 1 aliphatic heterocycles. The number of aliphatic hydroxyl groups is 2. The van der Waals surface area contributed by atoms with Crippen LogP contribution in [0.5, 0.6) is 0 Å². The molecule has 1 heterocycles. The first-order valence-corrected chi connectivity index (χ1v) is 9.74. The van der Waals surface area contributed by atoms with Crippen LogP contribution in [0, 0.1) is 0 Å². The SMILES string of the molecule is CC(=O)NC1C(OCCCC(=O)NCCCCCCN)OC(C)C(O)C1O. The van der Waals surface area contributed by atoms with Crippen LogP contribution in [0.3, 0.4) is 0 Å². The molecular weight excluding hydrogens is 354 g/mol. The molecule has 1 saturated heterocycles. The van der Waals surface area contributed by atoms with Crippen LogP contribution in [0.25, 0.3) is 0 Å². The van der Waals surface area contributed by atoms with Gasteiger partial charge in [-0.15, -0.1) is 0 Å². The number of amides is 2. The van der Waals surface area contributed by atoms with E-state index in [1.165, 1.54) is 6.92 Å². The molecule has 1 fully saturated rings. The van der Waals surface area contributed by atoms with Crippen molar-refractivity contribution >= 4 is 11.8 Å². The van der Waals surface area contributed by atoms with Gasteiger partial charge in [-0.05, 0) is 32.7 Å². The lowest BCUT2D eigenvalue weighted by Gasteiger charge is -2.41. The van der Waals surface area contributed by atoms with E-state index in [1.807, 2.05) is 0 Å². The second-order valence-corrected chi connectivity index (χ2v) is 6.94. The number of nitrogens with one attached hydrogen (secondary N) is 2. The van der Waals surface area contributed by atoms with Gasteiger partial charge in [-0.2, -0.15) is 0 Å². The fourth-order valence-electron chi connectivity index (χ4n) is 2.93. The lowest BCUT2D eigenvalue weighted by molar-refractivity contribution is -0.260. The molecule has 0 aromatic carbocycles. The molecule has 0 aromatic heterocycles. The van der Waals surface area contributed by atoms with Crippen molar-refractivity contribution in [2.75, 3.05) is 19.7 Å². The Morgan fingerprint density at radius 1 is 1.11 bits per heavy atom. The third kappa shape index (κ3) is 8.98. The average molecular weight is 389 g/mol. The minimum atomic E-state index is -1.19. The van der Waals surface area contributed by atoms with Crippen LogP contribution >= 0.6 is 0 Å². The summed E-state index contributed by atoms with van der Waals surface area (Å²) in [6, 6.07) is -0.865. The summed E-state index contributed by atoms with van der Waals surface area (Å²) in [6.45, 7) is 4.53. The van der Waals surface area contributed by atoms with Gasteiger partial charge in [0.05, 0.1) is 12.7 Å². The van der Waals surface area contributed by atoms with Gasteiger partial charge in [0.15, 0.2) is 6.29 Å². The van der Waals surface area contributed by atoms with Gasteiger partial charge in [0.25, 0.3) is 0 Å². The third-order valence-electron chi connectivity index (χ3n) is 4.49. The van der Waals surface area contributed by atoms with Crippen LogP contribution in [-0.4, -0.2) is 72.4 Å². The Labute approximate surface area is 161 Å². The Bertz CT molecular complexity index is 451. The van der Waals surface area contributed by atoms with Crippen molar-refractivity contribution < 1.29 is 29.3 Å². The minimum absolute atomic E-state index is 0.0378. The molecule has 0 spiro atoms. The predicted molar refractivity (Wildman–Crippen MR) is 99.7 cm³/mol.